The Kier molecular flexibility index (Phi) is 6.98. The van der Waals surface area contributed by atoms with Crippen LogP contribution in [0.4, 0.5) is 0 Å². The molecule has 2 atom stereocenters. The van der Waals surface area contributed by atoms with Gasteiger partial charge in [0.05, 0.1) is 0 Å². The topological polar surface area (TPSA) is 50.1 Å². The van der Waals surface area contributed by atoms with Gasteiger partial charge in [0.15, 0.2) is 0 Å². The van der Waals surface area contributed by atoms with Crippen molar-refractivity contribution in [3.05, 3.63) is 0 Å². The van der Waals surface area contributed by atoms with E-state index in [0.29, 0.717) is 0 Å². The van der Waals surface area contributed by atoms with Gasteiger partial charge in [-0.1, -0.05) is 13.3 Å². The maximum atomic E-state index is 5.43. The average Bonchev–Trinajstić information content (AvgIpc) is 2.99. The van der Waals surface area contributed by atoms with E-state index in [1.807, 2.05) is 0 Å². The van der Waals surface area contributed by atoms with Crippen LogP contribution < -0.4 is 16.4 Å². The highest BCUT2D eigenvalue weighted by atomic mass is 14.9. The van der Waals surface area contributed by atoms with E-state index < -0.39 is 0 Å². The molecule has 1 saturated carbocycles. The SMILES string of the molecule is CCCCNCC1CC1CNCCCN. The minimum Gasteiger partial charge on any atom is -0.330 e. The first kappa shape index (κ1) is 12.9. The van der Waals surface area contributed by atoms with Crippen molar-refractivity contribution in [3.8, 4) is 0 Å². The second kappa shape index (κ2) is 8.08. The summed E-state index contributed by atoms with van der Waals surface area (Å²) in [5.74, 6) is 1.86. The Morgan fingerprint density at radius 1 is 1.07 bits per heavy atom. The normalized spacial score (nSPS) is 24.4. The minimum atomic E-state index is 0.805. The highest BCUT2D eigenvalue weighted by Gasteiger charge is 2.35. The molecule has 3 heteroatoms. The molecule has 0 radical (unpaired) electrons. The van der Waals surface area contributed by atoms with E-state index in [-0.39, 0.29) is 0 Å². The zero-order valence-corrected chi connectivity index (χ0v) is 10.1. The number of rotatable bonds is 10. The van der Waals surface area contributed by atoms with E-state index in [9.17, 15) is 0 Å². The Morgan fingerprint density at radius 3 is 2.20 bits per heavy atom. The van der Waals surface area contributed by atoms with Crippen LogP contribution >= 0.6 is 0 Å². The Balaban J connectivity index is 1.81. The van der Waals surface area contributed by atoms with E-state index in [4.69, 9.17) is 5.73 Å². The molecule has 0 aromatic rings. The lowest BCUT2D eigenvalue weighted by molar-refractivity contribution is 0.548. The number of nitrogens with two attached hydrogens (primary N) is 1. The highest BCUT2D eigenvalue weighted by Crippen LogP contribution is 2.36. The van der Waals surface area contributed by atoms with E-state index >= 15 is 0 Å². The predicted octanol–water partition coefficient (Wildman–Crippen LogP) is 0.951. The van der Waals surface area contributed by atoms with Crippen molar-refractivity contribution in [2.24, 2.45) is 17.6 Å². The van der Waals surface area contributed by atoms with E-state index in [1.54, 1.807) is 0 Å². The summed E-state index contributed by atoms with van der Waals surface area (Å²) >= 11 is 0. The first-order valence-electron chi connectivity index (χ1n) is 6.50. The van der Waals surface area contributed by atoms with Crippen molar-refractivity contribution >= 4 is 0 Å². The van der Waals surface area contributed by atoms with Crippen molar-refractivity contribution in [1.82, 2.24) is 10.6 Å². The third kappa shape index (κ3) is 6.13. The van der Waals surface area contributed by atoms with Gasteiger partial charge in [-0.3, -0.25) is 0 Å². The molecule has 0 spiro atoms. The van der Waals surface area contributed by atoms with Crippen LogP contribution in [-0.4, -0.2) is 32.7 Å². The van der Waals surface area contributed by atoms with Crippen molar-refractivity contribution in [3.63, 3.8) is 0 Å². The quantitative estimate of drug-likeness (QED) is 0.474. The second-order valence-corrected chi connectivity index (χ2v) is 4.66. The second-order valence-electron chi connectivity index (χ2n) is 4.66. The number of nitrogens with one attached hydrogen (secondary N) is 2. The fourth-order valence-corrected chi connectivity index (χ4v) is 1.91. The van der Waals surface area contributed by atoms with Gasteiger partial charge in [-0.2, -0.15) is 0 Å². The van der Waals surface area contributed by atoms with Crippen LogP contribution in [0.2, 0.25) is 0 Å². The summed E-state index contributed by atoms with van der Waals surface area (Å²) in [6.45, 7) is 7.75. The minimum absolute atomic E-state index is 0.805. The van der Waals surface area contributed by atoms with E-state index in [1.165, 1.54) is 38.9 Å². The van der Waals surface area contributed by atoms with Crippen LogP contribution in [0, 0.1) is 11.8 Å². The molecule has 0 aliphatic heterocycles. The summed E-state index contributed by atoms with van der Waals surface area (Å²) in [7, 11) is 0. The monoisotopic (exact) mass is 213 g/mol. The molecule has 0 saturated heterocycles. The Hall–Kier alpha value is -0.120. The summed E-state index contributed by atoms with van der Waals surface area (Å²) in [6.07, 6.45) is 5.12. The Morgan fingerprint density at radius 2 is 1.67 bits per heavy atom. The van der Waals surface area contributed by atoms with Crippen LogP contribution in [-0.2, 0) is 0 Å². The average molecular weight is 213 g/mol. The highest BCUT2D eigenvalue weighted by molar-refractivity contribution is 4.89. The van der Waals surface area contributed by atoms with Gasteiger partial charge in [0.1, 0.15) is 0 Å². The first-order valence-corrected chi connectivity index (χ1v) is 6.50. The molecular formula is C12H27N3. The molecule has 90 valence electrons. The van der Waals surface area contributed by atoms with Gasteiger partial charge >= 0.3 is 0 Å². The van der Waals surface area contributed by atoms with Gasteiger partial charge < -0.3 is 16.4 Å². The van der Waals surface area contributed by atoms with Crippen molar-refractivity contribution in [2.45, 2.75) is 32.6 Å². The number of hydrogen-bond donors (Lipinski definition) is 3. The van der Waals surface area contributed by atoms with Gasteiger partial charge in [-0.05, 0) is 63.8 Å². The van der Waals surface area contributed by atoms with Crippen molar-refractivity contribution in [2.75, 3.05) is 32.7 Å². The van der Waals surface area contributed by atoms with Crippen LogP contribution in [0.25, 0.3) is 0 Å². The zero-order chi connectivity index (χ0) is 10.9. The largest absolute Gasteiger partial charge is 0.330 e. The van der Waals surface area contributed by atoms with Crippen LogP contribution in [0.1, 0.15) is 32.6 Å². The lowest BCUT2D eigenvalue weighted by Gasteiger charge is -2.04. The van der Waals surface area contributed by atoms with E-state index in [0.717, 1.165) is 31.3 Å². The summed E-state index contributed by atoms with van der Waals surface area (Å²) in [5, 5.41) is 7.00. The lowest BCUT2D eigenvalue weighted by atomic mass is 10.3. The summed E-state index contributed by atoms with van der Waals surface area (Å²) in [5.41, 5.74) is 5.43. The first-order chi connectivity index (χ1) is 7.38. The smallest absolute Gasteiger partial charge is 0.00173 e. The molecule has 1 fully saturated rings. The summed E-state index contributed by atoms with van der Waals surface area (Å²) < 4.78 is 0. The molecule has 1 aliphatic carbocycles. The molecule has 1 rings (SSSR count). The van der Waals surface area contributed by atoms with Gasteiger partial charge in [0.25, 0.3) is 0 Å². The molecule has 0 aromatic carbocycles. The Bertz CT molecular complexity index is 134. The van der Waals surface area contributed by atoms with Crippen molar-refractivity contribution in [1.29, 1.82) is 0 Å². The number of unbranched alkanes of at least 4 members (excludes halogenated alkanes) is 1. The Labute approximate surface area is 94.2 Å². The number of hydrogen-bond acceptors (Lipinski definition) is 3. The fraction of sp³-hybridized carbons (Fsp3) is 1.00. The summed E-state index contributed by atoms with van der Waals surface area (Å²) in [6, 6.07) is 0. The third-order valence-electron chi connectivity index (χ3n) is 3.15. The molecular weight excluding hydrogens is 186 g/mol. The molecule has 0 bridgehead atoms. The zero-order valence-electron chi connectivity index (χ0n) is 10.1. The molecule has 3 nitrogen and oxygen atoms in total. The van der Waals surface area contributed by atoms with Crippen LogP contribution in [0.3, 0.4) is 0 Å². The maximum absolute atomic E-state index is 5.43. The van der Waals surface area contributed by atoms with Gasteiger partial charge in [0.2, 0.25) is 0 Å². The van der Waals surface area contributed by atoms with Crippen molar-refractivity contribution < 1.29 is 0 Å². The predicted molar refractivity (Wildman–Crippen MR) is 65.9 cm³/mol. The molecule has 0 heterocycles. The summed E-state index contributed by atoms with van der Waals surface area (Å²) in [4.78, 5) is 0. The maximum Gasteiger partial charge on any atom is -0.00173 e. The third-order valence-corrected chi connectivity index (χ3v) is 3.15. The molecule has 2 unspecified atom stereocenters. The standard InChI is InChI=1S/C12H27N3/c1-2-3-6-14-9-11-8-12(11)10-15-7-4-5-13/h11-12,14-15H,2-10,13H2,1H3. The molecule has 1 aliphatic rings. The molecule has 0 aromatic heterocycles. The van der Waals surface area contributed by atoms with E-state index in [2.05, 4.69) is 17.6 Å². The molecule has 0 amide bonds. The fourth-order valence-electron chi connectivity index (χ4n) is 1.91. The van der Waals surface area contributed by atoms with Crippen LogP contribution in [0.5, 0.6) is 0 Å². The molecule has 15 heavy (non-hydrogen) atoms. The van der Waals surface area contributed by atoms with Gasteiger partial charge in [-0.15, -0.1) is 0 Å². The lowest BCUT2D eigenvalue weighted by Crippen LogP contribution is -2.23. The van der Waals surface area contributed by atoms with Gasteiger partial charge in [0, 0.05) is 0 Å². The van der Waals surface area contributed by atoms with Crippen LogP contribution in [0.15, 0.2) is 0 Å². The molecule has 4 N–H and O–H groups in total. The van der Waals surface area contributed by atoms with Gasteiger partial charge in [-0.25, -0.2) is 0 Å².